The topological polar surface area (TPSA) is 81.0 Å². The predicted molar refractivity (Wildman–Crippen MR) is 138 cm³/mol. The number of hydrogen-bond donors (Lipinski definition) is 0. The van der Waals surface area contributed by atoms with E-state index < -0.39 is 15.9 Å². The first kappa shape index (κ1) is 25.2. The third-order valence-electron chi connectivity index (χ3n) is 6.11. The Morgan fingerprint density at radius 2 is 1.97 bits per heavy atom. The van der Waals surface area contributed by atoms with Crippen molar-refractivity contribution in [3.8, 4) is 0 Å². The van der Waals surface area contributed by atoms with E-state index in [9.17, 15) is 13.2 Å². The van der Waals surface area contributed by atoms with E-state index in [4.69, 9.17) is 4.74 Å². The van der Waals surface area contributed by atoms with Crippen molar-refractivity contribution < 1.29 is 17.9 Å². The zero-order valence-corrected chi connectivity index (χ0v) is 22.5. The summed E-state index contributed by atoms with van der Waals surface area (Å²) in [4.78, 5) is 18.1. The number of sulfonamides is 1. The molecule has 34 heavy (non-hydrogen) atoms. The van der Waals surface area contributed by atoms with Gasteiger partial charge in [-0.25, -0.2) is 8.42 Å². The van der Waals surface area contributed by atoms with E-state index in [0.717, 1.165) is 40.4 Å². The Labute approximate surface area is 212 Å². The molecule has 1 aromatic heterocycles. The minimum Gasteiger partial charge on any atom is -0.383 e. The number of hydrogen-bond acceptors (Lipinski definition) is 5. The van der Waals surface area contributed by atoms with Gasteiger partial charge in [0.2, 0.25) is 10.0 Å². The highest BCUT2D eigenvalue weighted by Crippen LogP contribution is 2.27. The summed E-state index contributed by atoms with van der Waals surface area (Å²) in [6.45, 7) is 3.62. The molecule has 1 aliphatic rings. The first-order chi connectivity index (χ1) is 16.3. The number of rotatable bonds is 7. The zero-order valence-electron chi connectivity index (χ0n) is 19.2. The number of nitrogens with zero attached hydrogens (tertiary/aromatic N) is 3. The van der Waals surface area contributed by atoms with Crippen LogP contribution in [0, 0.1) is 0 Å². The van der Waals surface area contributed by atoms with Gasteiger partial charge in [0.05, 0.1) is 21.7 Å². The number of ether oxygens (including phenoxy) is 1. The third-order valence-corrected chi connectivity index (χ3v) is 9.61. The summed E-state index contributed by atoms with van der Waals surface area (Å²) in [5.41, 5.74) is 1.33. The number of amides is 1. The second-order valence-corrected chi connectivity index (χ2v) is 12.1. The van der Waals surface area contributed by atoms with Crippen LogP contribution in [-0.2, 0) is 21.3 Å². The van der Waals surface area contributed by atoms with E-state index in [-0.39, 0.29) is 10.9 Å². The van der Waals surface area contributed by atoms with Crippen molar-refractivity contribution in [2.75, 3.05) is 20.3 Å². The molecule has 3 aromatic rings. The number of methoxy groups -OCH3 is 1. The Balaban J connectivity index is 1.64. The van der Waals surface area contributed by atoms with Crippen LogP contribution in [0.5, 0.6) is 0 Å². The number of carbonyl (C=O) groups excluding carboxylic acids is 1. The Kier molecular flexibility index (Phi) is 8.04. The zero-order chi connectivity index (χ0) is 24.3. The summed E-state index contributed by atoms with van der Waals surface area (Å²) < 4.78 is 37.2. The van der Waals surface area contributed by atoms with Crippen molar-refractivity contribution in [1.82, 2.24) is 8.87 Å². The van der Waals surface area contributed by atoms with Crippen LogP contribution in [0.1, 0.15) is 43.0 Å². The first-order valence-corrected chi connectivity index (χ1v) is 14.4. The van der Waals surface area contributed by atoms with Gasteiger partial charge in [-0.1, -0.05) is 40.6 Å². The summed E-state index contributed by atoms with van der Waals surface area (Å²) in [5.74, 6) is -0.412. The molecule has 2 heterocycles. The summed E-state index contributed by atoms with van der Waals surface area (Å²) in [5, 5.41) is 0. The monoisotopic (exact) mass is 565 g/mol. The lowest BCUT2D eigenvalue weighted by Crippen LogP contribution is -2.43. The fraction of sp³-hybridized carbons (Fsp3) is 0.417. The standard InChI is InChI=1S/C24H28BrN3O4S2/c1-3-19-6-4-5-13-28(19)34(30,31)20-10-7-17(8-11-20)23(29)26-24-27(14-15-32-2)21-12-9-18(25)16-22(21)33-24/h7-12,16,19H,3-6,13-15H2,1-2H3. The molecule has 2 aromatic carbocycles. The van der Waals surface area contributed by atoms with Gasteiger partial charge in [0.25, 0.3) is 5.91 Å². The van der Waals surface area contributed by atoms with Crippen LogP contribution in [0.15, 0.2) is 56.8 Å². The quantitative estimate of drug-likeness (QED) is 0.411. The molecule has 1 aliphatic heterocycles. The Hall–Kier alpha value is -1.85. The molecule has 0 saturated carbocycles. The van der Waals surface area contributed by atoms with Gasteiger partial charge in [0.1, 0.15) is 0 Å². The Bertz CT molecular complexity index is 1350. The maximum Gasteiger partial charge on any atom is 0.279 e. The van der Waals surface area contributed by atoms with Gasteiger partial charge in [-0.2, -0.15) is 9.30 Å². The molecule has 1 fully saturated rings. The van der Waals surface area contributed by atoms with Gasteiger partial charge < -0.3 is 9.30 Å². The van der Waals surface area contributed by atoms with Gasteiger partial charge in [0.15, 0.2) is 4.80 Å². The van der Waals surface area contributed by atoms with Crippen LogP contribution in [0.3, 0.4) is 0 Å². The number of aromatic nitrogens is 1. The number of thiazole rings is 1. The largest absolute Gasteiger partial charge is 0.383 e. The SMILES string of the molecule is CCC1CCCCN1S(=O)(=O)c1ccc(C(=O)N=c2sc3cc(Br)ccc3n2CCOC)cc1. The Morgan fingerprint density at radius 1 is 1.21 bits per heavy atom. The normalized spacial score (nSPS) is 18.0. The van der Waals surface area contributed by atoms with Gasteiger partial charge in [0, 0.05) is 36.3 Å². The lowest BCUT2D eigenvalue weighted by molar-refractivity contribution is 0.0997. The van der Waals surface area contributed by atoms with Gasteiger partial charge in [-0.05, 0) is 61.7 Å². The Morgan fingerprint density at radius 3 is 2.68 bits per heavy atom. The van der Waals surface area contributed by atoms with Gasteiger partial charge >= 0.3 is 0 Å². The number of fused-ring (bicyclic) bond motifs is 1. The molecule has 0 N–H and O–H groups in total. The number of carbonyl (C=O) groups is 1. The van der Waals surface area contributed by atoms with Crippen molar-refractivity contribution in [3.05, 3.63) is 57.3 Å². The van der Waals surface area contributed by atoms with E-state index in [1.165, 1.54) is 23.5 Å². The molecule has 1 amide bonds. The maximum absolute atomic E-state index is 13.2. The molecule has 4 rings (SSSR count). The van der Waals surface area contributed by atoms with Crippen molar-refractivity contribution in [2.45, 2.75) is 50.1 Å². The third kappa shape index (κ3) is 5.21. The van der Waals surface area contributed by atoms with Crippen LogP contribution in [0.4, 0.5) is 0 Å². The van der Waals surface area contributed by atoms with Gasteiger partial charge in [-0.15, -0.1) is 0 Å². The molecule has 1 unspecified atom stereocenters. The fourth-order valence-electron chi connectivity index (χ4n) is 4.29. The van der Waals surface area contributed by atoms with Crippen LogP contribution in [-0.4, -0.2) is 49.5 Å². The summed E-state index contributed by atoms with van der Waals surface area (Å²) in [7, 11) is -1.96. The first-order valence-electron chi connectivity index (χ1n) is 11.3. The average Bonchev–Trinajstić information content (AvgIpc) is 3.18. The fourth-order valence-corrected chi connectivity index (χ4v) is 7.66. The van der Waals surface area contributed by atoms with E-state index in [1.54, 1.807) is 23.5 Å². The van der Waals surface area contributed by atoms with Crippen molar-refractivity contribution in [3.63, 3.8) is 0 Å². The molecule has 7 nitrogen and oxygen atoms in total. The van der Waals surface area contributed by atoms with Crippen molar-refractivity contribution >= 4 is 53.4 Å². The molecular weight excluding hydrogens is 538 g/mol. The molecule has 182 valence electrons. The van der Waals surface area contributed by atoms with E-state index in [1.807, 2.05) is 29.7 Å². The molecule has 1 atom stereocenters. The summed E-state index contributed by atoms with van der Waals surface area (Å²) >= 11 is 4.92. The number of benzene rings is 2. The molecule has 1 saturated heterocycles. The highest BCUT2D eigenvalue weighted by Gasteiger charge is 2.32. The van der Waals surface area contributed by atoms with E-state index in [0.29, 0.717) is 30.1 Å². The minimum absolute atomic E-state index is 0.0330. The van der Waals surface area contributed by atoms with Gasteiger partial charge in [-0.3, -0.25) is 4.79 Å². The van der Waals surface area contributed by atoms with E-state index >= 15 is 0 Å². The predicted octanol–water partition coefficient (Wildman–Crippen LogP) is 4.81. The molecule has 0 spiro atoms. The lowest BCUT2D eigenvalue weighted by atomic mass is 10.0. The highest BCUT2D eigenvalue weighted by atomic mass is 79.9. The molecule has 0 radical (unpaired) electrons. The molecule has 0 bridgehead atoms. The smallest absolute Gasteiger partial charge is 0.279 e. The number of halogens is 1. The van der Waals surface area contributed by atoms with Crippen LogP contribution in [0.25, 0.3) is 10.2 Å². The van der Waals surface area contributed by atoms with Crippen LogP contribution >= 0.6 is 27.3 Å². The van der Waals surface area contributed by atoms with Crippen molar-refractivity contribution in [1.29, 1.82) is 0 Å². The highest BCUT2D eigenvalue weighted by molar-refractivity contribution is 9.10. The summed E-state index contributed by atoms with van der Waals surface area (Å²) in [6, 6.07) is 12.1. The lowest BCUT2D eigenvalue weighted by Gasteiger charge is -2.34. The maximum atomic E-state index is 13.2. The summed E-state index contributed by atoms with van der Waals surface area (Å²) in [6.07, 6.45) is 3.61. The minimum atomic E-state index is -3.59. The second kappa shape index (κ2) is 10.8. The second-order valence-electron chi connectivity index (χ2n) is 8.26. The van der Waals surface area contributed by atoms with Crippen molar-refractivity contribution in [2.24, 2.45) is 4.99 Å². The van der Waals surface area contributed by atoms with Crippen LogP contribution in [0.2, 0.25) is 0 Å². The van der Waals surface area contributed by atoms with E-state index in [2.05, 4.69) is 20.9 Å². The molecular formula is C24H28BrN3O4S2. The van der Waals surface area contributed by atoms with Crippen LogP contribution < -0.4 is 4.80 Å². The average molecular weight is 567 g/mol. The molecule has 0 aliphatic carbocycles. The molecule has 10 heteroatoms. The number of piperidine rings is 1.